The lowest BCUT2D eigenvalue weighted by molar-refractivity contribution is -0.131. The maximum atomic E-state index is 13.9. The number of aliphatic carboxylic acids is 1. The number of hydrogen-bond acceptors (Lipinski definition) is 5. The molecule has 2 aromatic carbocycles. The Balaban J connectivity index is 1.29. The van der Waals surface area contributed by atoms with Crippen molar-refractivity contribution in [1.29, 1.82) is 0 Å². The summed E-state index contributed by atoms with van der Waals surface area (Å²) in [5, 5.41) is 16.2. The Hall–Kier alpha value is -4.76. The molecule has 3 N–H and O–H groups in total. The van der Waals surface area contributed by atoms with Crippen LogP contribution in [0.15, 0.2) is 72.9 Å². The number of carbonyl (C=O) groups excluding carboxylic acids is 2. The molecule has 2 aromatic heterocycles. The predicted octanol–water partition coefficient (Wildman–Crippen LogP) is 5.83. The van der Waals surface area contributed by atoms with Crippen LogP contribution in [0.4, 0.5) is 5.69 Å². The second kappa shape index (κ2) is 12.7. The van der Waals surface area contributed by atoms with E-state index < -0.39 is 11.5 Å². The van der Waals surface area contributed by atoms with Crippen LogP contribution in [0.1, 0.15) is 65.9 Å². The van der Waals surface area contributed by atoms with E-state index in [1.165, 1.54) is 24.5 Å². The van der Waals surface area contributed by atoms with E-state index in [1.54, 1.807) is 24.3 Å². The minimum absolute atomic E-state index is 0.265. The van der Waals surface area contributed by atoms with Crippen molar-refractivity contribution in [2.75, 3.05) is 25.5 Å². The third kappa shape index (κ3) is 6.26. The second-order valence-corrected chi connectivity index (χ2v) is 12.3. The Morgan fingerprint density at radius 2 is 1.71 bits per heavy atom. The molecule has 1 aliphatic heterocycles. The molecule has 0 bridgehead atoms. The van der Waals surface area contributed by atoms with Crippen molar-refractivity contribution in [3.05, 3.63) is 89.6 Å². The number of piperidine rings is 1. The fraction of sp³-hybridized carbons (Fsp3) is 0.333. The number of nitrogens with one attached hydrogen (secondary N) is 2. The Kier molecular flexibility index (Phi) is 8.54. The molecule has 4 aromatic rings. The summed E-state index contributed by atoms with van der Waals surface area (Å²) >= 11 is 0. The van der Waals surface area contributed by atoms with Crippen molar-refractivity contribution < 1.29 is 19.5 Å². The van der Waals surface area contributed by atoms with E-state index in [0.29, 0.717) is 48.7 Å². The number of benzene rings is 2. The lowest BCUT2D eigenvalue weighted by Crippen LogP contribution is -2.61. The van der Waals surface area contributed by atoms with E-state index in [-0.39, 0.29) is 11.8 Å². The second-order valence-electron chi connectivity index (χ2n) is 12.3. The molecular formula is C36H39N5O4. The molecule has 2 fully saturated rings. The van der Waals surface area contributed by atoms with Gasteiger partial charge in [-0.15, -0.1) is 0 Å². The van der Waals surface area contributed by atoms with Gasteiger partial charge in [-0.2, -0.15) is 0 Å². The Morgan fingerprint density at radius 3 is 2.38 bits per heavy atom. The number of carboxylic acids is 1. The molecule has 6 rings (SSSR count). The normalized spacial score (nSPS) is 17.1. The number of carboxylic acid groups (broad SMARTS) is 1. The predicted molar refractivity (Wildman–Crippen MR) is 176 cm³/mol. The van der Waals surface area contributed by atoms with Crippen LogP contribution in [-0.2, 0) is 16.6 Å². The first kappa shape index (κ1) is 30.3. The molecule has 45 heavy (non-hydrogen) atoms. The molecule has 3 heterocycles. The van der Waals surface area contributed by atoms with Gasteiger partial charge in [-0.3, -0.25) is 14.6 Å². The van der Waals surface area contributed by atoms with Gasteiger partial charge < -0.3 is 25.2 Å². The van der Waals surface area contributed by atoms with E-state index in [9.17, 15) is 14.4 Å². The first-order valence-electron chi connectivity index (χ1n) is 15.6. The number of nitrogens with zero attached hydrogens (tertiary/aromatic N) is 3. The van der Waals surface area contributed by atoms with Gasteiger partial charge in [0.05, 0.1) is 11.4 Å². The summed E-state index contributed by atoms with van der Waals surface area (Å²) in [4.78, 5) is 45.4. The first-order chi connectivity index (χ1) is 21.7. The molecule has 1 saturated heterocycles. The lowest BCUT2D eigenvalue weighted by Gasteiger charge is -2.40. The maximum Gasteiger partial charge on any atom is 0.328 e. The Bertz CT molecular complexity index is 1750. The summed E-state index contributed by atoms with van der Waals surface area (Å²) in [5.74, 6) is -1.12. The topological polar surface area (TPSA) is 117 Å². The highest BCUT2D eigenvalue weighted by molar-refractivity contribution is 6.05. The number of hydrogen-bond donors (Lipinski definition) is 3. The van der Waals surface area contributed by atoms with E-state index in [4.69, 9.17) is 5.11 Å². The van der Waals surface area contributed by atoms with Crippen LogP contribution < -0.4 is 10.6 Å². The van der Waals surface area contributed by atoms with Gasteiger partial charge in [0.15, 0.2) is 0 Å². The van der Waals surface area contributed by atoms with Crippen molar-refractivity contribution in [1.82, 2.24) is 19.8 Å². The summed E-state index contributed by atoms with van der Waals surface area (Å²) in [6.07, 6.45) is 10.1. The summed E-state index contributed by atoms with van der Waals surface area (Å²) in [6, 6.07) is 18.8. The summed E-state index contributed by atoms with van der Waals surface area (Å²) < 4.78 is 2.16. The lowest BCUT2D eigenvalue weighted by atomic mass is 9.86. The smallest absolute Gasteiger partial charge is 0.328 e. The highest BCUT2D eigenvalue weighted by atomic mass is 16.4. The van der Waals surface area contributed by atoms with Crippen LogP contribution in [0.5, 0.6) is 0 Å². The highest BCUT2D eigenvalue weighted by Crippen LogP contribution is 2.44. The average Bonchev–Trinajstić information content (AvgIpc) is 3.68. The van der Waals surface area contributed by atoms with Crippen LogP contribution >= 0.6 is 0 Å². The van der Waals surface area contributed by atoms with Gasteiger partial charge in [0.1, 0.15) is 5.54 Å². The third-order valence-corrected chi connectivity index (χ3v) is 9.39. The molecular weight excluding hydrogens is 566 g/mol. The molecule has 232 valence electrons. The highest BCUT2D eigenvalue weighted by Gasteiger charge is 2.42. The van der Waals surface area contributed by atoms with Gasteiger partial charge in [-0.1, -0.05) is 37.1 Å². The molecule has 0 spiro atoms. The van der Waals surface area contributed by atoms with Crippen LogP contribution in [0.25, 0.3) is 28.4 Å². The van der Waals surface area contributed by atoms with E-state index >= 15 is 0 Å². The van der Waals surface area contributed by atoms with Crippen LogP contribution in [0.2, 0.25) is 0 Å². The van der Waals surface area contributed by atoms with E-state index in [1.807, 2.05) is 50.6 Å². The third-order valence-electron chi connectivity index (χ3n) is 9.39. The number of amides is 2. The van der Waals surface area contributed by atoms with Crippen molar-refractivity contribution >= 4 is 40.4 Å². The largest absolute Gasteiger partial charge is 0.478 e. The number of fused-ring (bicyclic) bond motifs is 1. The molecule has 2 aliphatic rings. The van der Waals surface area contributed by atoms with Gasteiger partial charge >= 0.3 is 5.97 Å². The molecule has 2 amide bonds. The number of aryl methyl sites for hydroxylation is 1. The molecule has 1 aliphatic carbocycles. The van der Waals surface area contributed by atoms with Crippen LogP contribution in [0, 0.1) is 0 Å². The zero-order valence-electron chi connectivity index (χ0n) is 25.8. The number of likely N-dealkylation sites (tertiary alicyclic amines) is 1. The molecule has 9 heteroatoms. The van der Waals surface area contributed by atoms with Crippen LogP contribution in [-0.4, -0.2) is 63.0 Å². The Morgan fingerprint density at radius 1 is 0.978 bits per heavy atom. The number of carbonyl (C=O) groups is 3. The monoisotopic (exact) mass is 605 g/mol. The number of aromatic nitrogens is 2. The van der Waals surface area contributed by atoms with Crippen molar-refractivity contribution in [2.45, 2.75) is 50.0 Å². The van der Waals surface area contributed by atoms with Crippen molar-refractivity contribution in [3.8, 4) is 11.4 Å². The number of pyridine rings is 1. The van der Waals surface area contributed by atoms with Crippen LogP contribution in [0.3, 0.4) is 0 Å². The molecule has 0 radical (unpaired) electrons. The van der Waals surface area contributed by atoms with Gasteiger partial charge in [-0.05, 0) is 92.2 Å². The van der Waals surface area contributed by atoms with Gasteiger partial charge in [-0.25, -0.2) is 4.79 Å². The quantitative estimate of drug-likeness (QED) is 0.218. The van der Waals surface area contributed by atoms with E-state index in [0.717, 1.165) is 41.2 Å². The average molecular weight is 606 g/mol. The van der Waals surface area contributed by atoms with Gasteiger partial charge in [0.25, 0.3) is 5.91 Å². The van der Waals surface area contributed by atoms with Crippen molar-refractivity contribution in [3.63, 3.8) is 0 Å². The maximum absolute atomic E-state index is 13.9. The molecule has 0 atom stereocenters. The number of anilines is 1. The van der Waals surface area contributed by atoms with Gasteiger partial charge in [0, 0.05) is 54.6 Å². The zero-order chi connectivity index (χ0) is 31.6. The SMILES string of the molecule is CN1CCC(NC(=O)c2ccc3c(C4CCCC4)c(-c4ccccn4)n(C)c3c2)(C(=O)Nc2ccc(/C=C/C(=O)O)cc2)CC1. The summed E-state index contributed by atoms with van der Waals surface area (Å²) in [5.41, 5.74) is 5.03. The summed E-state index contributed by atoms with van der Waals surface area (Å²) in [7, 11) is 4.05. The minimum atomic E-state index is -1.08. The van der Waals surface area contributed by atoms with Gasteiger partial charge in [0.2, 0.25) is 5.91 Å². The summed E-state index contributed by atoms with van der Waals surface area (Å²) in [6.45, 7) is 1.34. The Labute approximate surface area is 263 Å². The number of rotatable bonds is 8. The van der Waals surface area contributed by atoms with E-state index in [2.05, 4.69) is 31.2 Å². The standard InChI is InChI=1S/C36H39N5O4/c1-40-21-18-36(19-22-40,35(45)38-27-14-10-24(11-15-27)12-17-31(42)43)39-34(44)26-13-16-28-30(23-26)41(2)33(29-9-5-6-20-37-29)32(28)25-7-3-4-8-25/h5-6,9-17,20,23,25H,3-4,7-8,18-19,21-22H2,1-2H3,(H,38,45)(H,39,44)(H,42,43)/b17-12+. The molecule has 9 nitrogen and oxygen atoms in total. The first-order valence-corrected chi connectivity index (χ1v) is 15.6. The minimum Gasteiger partial charge on any atom is -0.478 e. The molecule has 1 saturated carbocycles. The zero-order valence-corrected chi connectivity index (χ0v) is 25.8. The fourth-order valence-electron chi connectivity index (χ4n) is 6.84. The van der Waals surface area contributed by atoms with Crippen molar-refractivity contribution in [2.24, 2.45) is 7.05 Å². The fourth-order valence-corrected chi connectivity index (χ4v) is 6.84. The molecule has 0 unspecified atom stereocenters.